The van der Waals surface area contributed by atoms with Gasteiger partial charge in [0, 0.05) is 24.7 Å². The minimum atomic E-state index is -0.283. The molecule has 3 N–H and O–H groups in total. The lowest BCUT2D eigenvalue weighted by molar-refractivity contribution is -0.122. The minimum Gasteiger partial charge on any atom is -0.351 e. The van der Waals surface area contributed by atoms with Crippen molar-refractivity contribution < 1.29 is 14.4 Å². The molecule has 0 radical (unpaired) electrons. The quantitative estimate of drug-likeness (QED) is 0.181. The molecule has 0 aliphatic heterocycles. The smallest absolute Gasteiger partial charge is 0.230 e. The second-order valence-corrected chi connectivity index (χ2v) is 12.8. The first-order valence-corrected chi connectivity index (χ1v) is 15.3. The average Bonchev–Trinajstić information content (AvgIpc) is 3.52. The Bertz CT molecular complexity index is 1540. The second-order valence-electron chi connectivity index (χ2n) is 11.7. The predicted molar refractivity (Wildman–Crippen MR) is 171 cm³/mol. The van der Waals surface area contributed by atoms with Crippen molar-refractivity contribution in [3.05, 3.63) is 94.1 Å². The lowest BCUT2D eigenvalue weighted by Crippen LogP contribution is -2.41. The molecule has 0 atom stereocenters. The molecule has 2 heterocycles. The van der Waals surface area contributed by atoms with Gasteiger partial charge in [-0.05, 0) is 68.9 Å². The molecule has 2 aromatic heterocycles. The van der Waals surface area contributed by atoms with Gasteiger partial charge in [0.15, 0.2) is 0 Å². The van der Waals surface area contributed by atoms with E-state index in [0.717, 1.165) is 58.9 Å². The first kappa shape index (κ1) is 31.6. The molecule has 0 saturated heterocycles. The fourth-order valence-corrected chi connectivity index (χ4v) is 5.53. The van der Waals surface area contributed by atoms with Crippen molar-refractivity contribution in [3.63, 3.8) is 0 Å². The highest BCUT2D eigenvalue weighted by Gasteiger charge is 2.15. The van der Waals surface area contributed by atoms with E-state index in [2.05, 4.69) is 26.1 Å². The van der Waals surface area contributed by atoms with Crippen LogP contribution in [-0.2, 0) is 53.5 Å². The Hall–Kier alpha value is -4.31. The SMILES string of the molecule is Cn1c(CCCCc2nnc(NC(=O)Cc3ccccc3)s2)ccc1NC(=O)Cc1cccc(CC(=O)NC(C)(C)C)c1. The Kier molecular flexibility index (Phi) is 10.8. The molecule has 226 valence electrons. The number of benzene rings is 2. The van der Waals surface area contributed by atoms with Crippen LogP contribution < -0.4 is 16.0 Å². The standard InChI is InChI=1S/C33H40N6O3S/c1-33(2,3)36-30(42)22-25-14-10-13-24(19-25)21-28(40)34-27-18-17-26(39(27)4)15-8-9-16-31-37-38-32(43-31)35-29(41)20-23-11-6-5-7-12-23/h5-7,10-14,17-19H,8-9,15-16,20-22H2,1-4H3,(H,34,40)(H,36,42)(H,35,38,41). The van der Waals surface area contributed by atoms with E-state index < -0.39 is 0 Å². The van der Waals surface area contributed by atoms with Crippen LogP contribution >= 0.6 is 11.3 Å². The normalized spacial score (nSPS) is 11.3. The molecule has 4 rings (SSSR count). The zero-order valence-electron chi connectivity index (χ0n) is 25.3. The van der Waals surface area contributed by atoms with Crippen molar-refractivity contribution in [1.29, 1.82) is 0 Å². The number of anilines is 2. The summed E-state index contributed by atoms with van der Waals surface area (Å²) in [4.78, 5) is 37.4. The molecule has 0 fully saturated rings. The van der Waals surface area contributed by atoms with Gasteiger partial charge < -0.3 is 20.5 Å². The molecular weight excluding hydrogens is 560 g/mol. The van der Waals surface area contributed by atoms with Gasteiger partial charge in [-0.2, -0.15) is 0 Å². The number of aryl methyl sites for hydroxylation is 2. The number of unbranched alkanes of at least 4 members (excludes halogenated alkanes) is 1. The molecule has 4 aromatic rings. The largest absolute Gasteiger partial charge is 0.351 e. The number of nitrogens with zero attached hydrogens (tertiary/aromatic N) is 3. The van der Waals surface area contributed by atoms with E-state index in [0.29, 0.717) is 11.6 Å². The van der Waals surface area contributed by atoms with Crippen LogP contribution in [0.2, 0.25) is 0 Å². The lowest BCUT2D eigenvalue weighted by Gasteiger charge is -2.20. The van der Waals surface area contributed by atoms with Crippen LogP contribution in [0.5, 0.6) is 0 Å². The van der Waals surface area contributed by atoms with E-state index >= 15 is 0 Å². The summed E-state index contributed by atoms with van der Waals surface area (Å²) in [5.74, 6) is 0.504. The van der Waals surface area contributed by atoms with Crippen LogP contribution in [0, 0.1) is 0 Å². The maximum Gasteiger partial charge on any atom is 0.230 e. The summed E-state index contributed by atoms with van der Waals surface area (Å²) in [6.07, 6.45) is 4.35. The molecule has 10 heteroatoms. The van der Waals surface area contributed by atoms with Crippen molar-refractivity contribution >= 4 is 40.0 Å². The third-order valence-corrected chi connectivity index (χ3v) is 7.62. The molecule has 2 aromatic carbocycles. The zero-order valence-corrected chi connectivity index (χ0v) is 26.1. The maximum atomic E-state index is 12.8. The molecule has 9 nitrogen and oxygen atoms in total. The van der Waals surface area contributed by atoms with E-state index in [1.807, 2.05) is 99.1 Å². The summed E-state index contributed by atoms with van der Waals surface area (Å²) in [6.45, 7) is 5.86. The van der Waals surface area contributed by atoms with E-state index in [-0.39, 0.29) is 36.1 Å². The van der Waals surface area contributed by atoms with Crippen LogP contribution in [0.15, 0.2) is 66.7 Å². The molecule has 43 heavy (non-hydrogen) atoms. The number of nitrogens with one attached hydrogen (secondary N) is 3. The van der Waals surface area contributed by atoms with Gasteiger partial charge in [0.25, 0.3) is 0 Å². The van der Waals surface area contributed by atoms with Crippen molar-refractivity contribution in [2.75, 3.05) is 10.6 Å². The maximum absolute atomic E-state index is 12.8. The van der Waals surface area contributed by atoms with E-state index in [1.165, 1.54) is 11.3 Å². The number of aromatic nitrogens is 3. The van der Waals surface area contributed by atoms with Gasteiger partial charge in [-0.25, -0.2) is 0 Å². The molecule has 0 saturated carbocycles. The van der Waals surface area contributed by atoms with Gasteiger partial charge in [0.1, 0.15) is 10.8 Å². The van der Waals surface area contributed by atoms with Gasteiger partial charge in [0.05, 0.1) is 19.3 Å². The molecule has 0 aliphatic rings. The van der Waals surface area contributed by atoms with Crippen molar-refractivity contribution in [2.45, 2.75) is 71.3 Å². The number of carbonyl (C=O) groups is 3. The highest BCUT2D eigenvalue weighted by atomic mass is 32.1. The monoisotopic (exact) mass is 600 g/mol. The van der Waals surface area contributed by atoms with Crippen LogP contribution in [0.4, 0.5) is 10.9 Å². The van der Waals surface area contributed by atoms with Gasteiger partial charge in [-0.1, -0.05) is 65.9 Å². The predicted octanol–water partition coefficient (Wildman–Crippen LogP) is 5.26. The van der Waals surface area contributed by atoms with Gasteiger partial charge in [0.2, 0.25) is 22.9 Å². The van der Waals surface area contributed by atoms with Crippen LogP contribution in [-0.4, -0.2) is 38.0 Å². The Morgan fingerprint density at radius 3 is 2.09 bits per heavy atom. The van der Waals surface area contributed by atoms with Gasteiger partial charge >= 0.3 is 0 Å². The minimum absolute atomic E-state index is 0.0402. The number of hydrogen-bond acceptors (Lipinski definition) is 6. The van der Waals surface area contributed by atoms with Crippen molar-refractivity contribution in [2.24, 2.45) is 7.05 Å². The number of rotatable bonds is 13. The van der Waals surface area contributed by atoms with Crippen LogP contribution in [0.25, 0.3) is 0 Å². The van der Waals surface area contributed by atoms with Crippen molar-refractivity contribution in [1.82, 2.24) is 20.1 Å². The van der Waals surface area contributed by atoms with Crippen LogP contribution in [0.3, 0.4) is 0 Å². The fraction of sp³-hybridized carbons (Fsp3) is 0.364. The molecular formula is C33H40N6O3S. The first-order chi connectivity index (χ1) is 20.5. The molecule has 3 amide bonds. The molecule has 0 spiro atoms. The highest BCUT2D eigenvalue weighted by Crippen LogP contribution is 2.20. The Morgan fingerprint density at radius 2 is 1.37 bits per heavy atom. The second kappa shape index (κ2) is 14.7. The summed E-state index contributed by atoms with van der Waals surface area (Å²) < 4.78 is 2.01. The topological polar surface area (TPSA) is 118 Å². The third-order valence-electron chi connectivity index (χ3n) is 6.72. The molecule has 0 bridgehead atoms. The zero-order chi connectivity index (χ0) is 30.8. The van der Waals surface area contributed by atoms with Crippen LogP contribution in [0.1, 0.15) is 61.0 Å². The summed E-state index contributed by atoms with van der Waals surface area (Å²) >= 11 is 1.41. The van der Waals surface area contributed by atoms with E-state index in [9.17, 15) is 14.4 Å². The number of amides is 3. The molecule has 0 aliphatic carbocycles. The van der Waals surface area contributed by atoms with Crippen molar-refractivity contribution in [3.8, 4) is 0 Å². The summed E-state index contributed by atoms with van der Waals surface area (Å²) in [5.41, 5.74) is 3.55. The Labute approximate surface area is 257 Å². The first-order valence-electron chi connectivity index (χ1n) is 14.5. The average molecular weight is 601 g/mol. The summed E-state index contributed by atoms with van der Waals surface area (Å²) in [5, 5.41) is 18.6. The third kappa shape index (κ3) is 10.5. The van der Waals surface area contributed by atoms with Gasteiger partial charge in [-0.3, -0.25) is 14.4 Å². The van der Waals surface area contributed by atoms with Gasteiger partial charge in [-0.15, -0.1) is 10.2 Å². The lowest BCUT2D eigenvalue weighted by atomic mass is 10.0. The number of carbonyl (C=O) groups excluding carboxylic acids is 3. The summed E-state index contributed by atoms with van der Waals surface area (Å²) in [6, 6.07) is 21.2. The summed E-state index contributed by atoms with van der Waals surface area (Å²) in [7, 11) is 1.95. The molecule has 0 unspecified atom stereocenters. The Morgan fingerprint density at radius 1 is 0.744 bits per heavy atom. The van der Waals surface area contributed by atoms with E-state index in [1.54, 1.807) is 0 Å². The fourth-order valence-electron chi connectivity index (χ4n) is 4.73. The Balaban J connectivity index is 1.19. The highest BCUT2D eigenvalue weighted by molar-refractivity contribution is 7.15. The number of hydrogen-bond donors (Lipinski definition) is 3. The van der Waals surface area contributed by atoms with E-state index in [4.69, 9.17) is 0 Å².